The summed E-state index contributed by atoms with van der Waals surface area (Å²) < 4.78 is 0.941. The van der Waals surface area contributed by atoms with Gasteiger partial charge in [0.1, 0.15) is 0 Å². The highest BCUT2D eigenvalue weighted by molar-refractivity contribution is 9.10. The number of benzene rings is 1. The van der Waals surface area contributed by atoms with Gasteiger partial charge < -0.3 is 5.32 Å². The lowest BCUT2D eigenvalue weighted by atomic mass is 10.0. The molecule has 0 bridgehead atoms. The predicted octanol–water partition coefficient (Wildman–Crippen LogP) is 5.46. The van der Waals surface area contributed by atoms with E-state index in [1.165, 1.54) is 15.4 Å². The van der Waals surface area contributed by atoms with Gasteiger partial charge in [0.15, 0.2) is 0 Å². The van der Waals surface area contributed by atoms with E-state index in [4.69, 9.17) is 11.6 Å². The van der Waals surface area contributed by atoms with Gasteiger partial charge in [0.2, 0.25) is 0 Å². The molecule has 1 atom stereocenters. The molecule has 0 fully saturated rings. The number of halogens is 2. The highest BCUT2D eigenvalue weighted by atomic mass is 79.9. The van der Waals surface area contributed by atoms with Crippen LogP contribution in [0, 0.1) is 13.8 Å². The Balaban J connectivity index is 2.22. The van der Waals surface area contributed by atoms with Crippen LogP contribution in [-0.2, 0) is 6.42 Å². The van der Waals surface area contributed by atoms with Gasteiger partial charge >= 0.3 is 0 Å². The molecule has 1 unspecified atom stereocenters. The number of thiazole rings is 1. The third kappa shape index (κ3) is 4.52. The van der Waals surface area contributed by atoms with Gasteiger partial charge in [-0.05, 0) is 60.4 Å². The highest BCUT2D eigenvalue weighted by Crippen LogP contribution is 2.29. The summed E-state index contributed by atoms with van der Waals surface area (Å²) in [5, 5.41) is 5.54. The van der Waals surface area contributed by atoms with Gasteiger partial charge in [-0.2, -0.15) is 0 Å². The van der Waals surface area contributed by atoms with Crippen LogP contribution in [-0.4, -0.2) is 11.5 Å². The second-order valence-corrected chi connectivity index (χ2v) is 7.68. The molecule has 1 N–H and O–H groups in total. The van der Waals surface area contributed by atoms with Crippen LogP contribution < -0.4 is 5.32 Å². The summed E-state index contributed by atoms with van der Waals surface area (Å²) in [4.78, 5) is 5.97. The maximum absolute atomic E-state index is 6.10. The summed E-state index contributed by atoms with van der Waals surface area (Å²) in [5.41, 5.74) is 2.38. The third-order valence-electron chi connectivity index (χ3n) is 3.44. The van der Waals surface area contributed by atoms with E-state index in [0.29, 0.717) is 0 Å². The average Bonchev–Trinajstić information content (AvgIpc) is 2.76. The molecular weight excluding hydrogens is 368 g/mol. The number of rotatable bonds is 6. The van der Waals surface area contributed by atoms with Crippen molar-refractivity contribution in [2.75, 3.05) is 6.54 Å². The predicted molar refractivity (Wildman–Crippen MR) is 95.5 cm³/mol. The van der Waals surface area contributed by atoms with Crippen LogP contribution in [0.4, 0.5) is 0 Å². The molecule has 0 aliphatic heterocycles. The minimum atomic E-state index is 0.267. The number of hydrogen-bond donors (Lipinski definition) is 1. The molecule has 2 nitrogen and oxygen atoms in total. The Bertz CT molecular complexity index is 593. The Morgan fingerprint density at radius 3 is 2.71 bits per heavy atom. The van der Waals surface area contributed by atoms with Crippen molar-refractivity contribution in [3.05, 3.63) is 48.8 Å². The zero-order valence-electron chi connectivity index (χ0n) is 12.5. The fraction of sp³-hybridized carbons (Fsp3) is 0.438. The first-order valence-corrected chi connectivity index (χ1v) is 9.11. The lowest BCUT2D eigenvalue weighted by Crippen LogP contribution is -2.24. The molecule has 114 valence electrons. The molecule has 2 rings (SSSR count). The number of nitrogens with zero attached hydrogens (tertiary/aromatic N) is 1. The Morgan fingerprint density at radius 2 is 2.14 bits per heavy atom. The fourth-order valence-corrected chi connectivity index (χ4v) is 3.65. The van der Waals surface area contributed by atoms with Crippen molar-refractivity contribution in [3.8, 4) is 0 Å². The summed E-state index contributed by atoms with van der Waals surface area (Å²) in [6.07, 6.45) is 2.02. The lowest BCUT2D eigenvalue weighted by molar-refractivity contribution is 0.528. The van der Waals surface area contributed by atoms with E-state index in [9.17, 15) is 0 Å². The van der Waals surface area contributed by atoms with E-state index in [0.717, 1.165) is 34.6 Å². The first kappa shape index (κ1) is 16.9. The van der Waals surface area contributed by atoms with Crippen molar-refractivity contribution < 1.29 is 0 Å². The molecule has 0 saturated carbocycles. The van der Waals surface area contributed by atoms with Crippen LogP contribution in [0.1, 0.15) is 40.5 Å². The van der Waals surface area contributed by atoms with Crippen molar-refractivity contribution in [1.29, 1.82) is 0 Å². The average molecular weight is 388 g/mol. The topological polar surface area (TPSA) is 24.9 Å². The summed E-state index contributed by atoms with van der Waals surface area (Å²) >= 11 is 11.4. The highest BCUT2D eigenvalue weighted by Gasteiger charge is 2.15. The van der Waals surface area contributed by atoms with E-state index < -0.39 is 0 Å². The number of hydrogen-bond acceptors (Lipinski definition) is 3. The molecule has 0 radical (unpaired) electrons. The molecule has 5 heteroatoms. The summed E-state index contributed by atoms with van der Waals surface area (Å²) in [6, 6.07) is 6.40. The van der Waals surface area contributed by atoms with Crippen molar-refractivity contribution >= 4 is 38.9 Å². The Morgan fingerprint density at radius 1 is 1.38 bits per heavy atom. The van der Waals surface area contributed by atoms with E-state index in [1.807, 2.05) is 6.07 Å². The van der Waals surface area contributed by atoms with Crippen molar-refractivity contribution in [3.63, 3.8) is 0 Å². The van der Waals surface area contributed by atoms with E-state index in [2.05, 4.69) is 59.1 Å². The zero-order valence-corrected chi connectivity index (χ0v) is 15.7. The minimum absolute atomic E-state index is 0.267. The molecule has 0 amide bonds. The third-order valence-corrected chi connectivity index (χ3v) is 5.75. The largest absolute Gasteiger partial charge is 0.310 e. The summed E-state index contributed by atoms with van der Waals surface area (Å²) in [5.74, 6) is 0. The summed E-state index contributed by atoms with van der Waals surface area (Å²) in [7, 11) is 0. The second-order valence-electron chi connectivity index (χ2n) is 5.13. The van der Waals surface area contributed by atoms with Gasteiger partial charge in [-0.25, -0.2) is 4.98 Å². The fourth-order valence-electron chi connectivity index (χ4n) is 2.16. The van der Waals surface area contributed by atoms with Crippen molar-refractivity contribution in [2.45, 2.75) is 39.7 Å². The molecule has 21 heavy (non-hydrogen) atoms. The van der Waals surface area contributed by atoms with Gasteiger partial charge in [0.25, 0.3) is 0 Å². The first-order valence-electron chi connectivity index (χ1n) is 7.12. The quantitative estimate of drug-likeness (QED) is 0.712. The number of aromatic nitrogens is 1. The SMILES string of the molecule is CCCNC(Cc1nc(C)c(C)s1)c1ccc(Cl)c(Br)c1. The smallest absolute Gasteiger partial charge is 0.0949 e. The monoisotopic (exact) mass is 386 g/mol. The summed E-state index contributed by atoms with van der Waals surface area (Å²) in [6.45, 7) is 7.38. The minimum Gasteiger partial charge on any atom is -0.310 e. The Hall–Kier alpha value is -0.420. The second kappa shape index (κ2) is 7.73. The van der Waals surface area contributed by atoms with Crippen LogP contribution in [0.5, 0.6) is 0 Å². The molecule has 0 saturated heterocycles. The van der Waals surface area contributed by atoms with Gasteiger partial charge in [-0.15, -0.1) is 11.3 Å². The zero-order chi connectivity index (χ0) is 15.4. The van der Waals surface area contributed by atoms with Gasteiger partial charge in [0.05, 0.1) is 15.7 Å². The number of nitrogens with one attached hydrogen (secondary N) is 1. The van der Waals surface area contributed by atoms with Gasteiger partial charge in [-0.1, -0.05) is 24.6 Å². The van der Waals surface area contributed by atoms with Crippen LogP contribution in [0.3, 0.4) is 0 Å². The Kier molecular flexibility index (Phi) is 6.23. The van der Waals surface area contributed by atoms with Crippen LogP contribution >= 0.6 is 38.9 Å². The van der Waals surface area contributed by atoms with Crippen LogP contribution in [0.15, 0.2) is 22.7 Å². The first-order chi connectivity index (χ1) is 10.0. The molecule has 0 spiro atoms. The maximum atomic E-state index is 6.10. The van der Waals surface area contributed by atoms with E-state index in [1.54, 1.807) is 11.3 Å². The standard InChI is InChI=1S/C16H20BrClN2S/c1-4-7-19-15(9-16-20-10(2)11(3)21-16)12-5-6-14(18)13(17)8-12/h5-6,8,15,19H,4,7,9H2,1-3H3. The van der Waals surface area contributed by atoms with Crippen LogP contribution in [0.25, 0.3) is 0 Å². The molecule has 0 aliphatic carbocycles. The molecule has 0 aliphatic rings. The van der Waals surface area contributed by atoms with Crippen molar-refractivity contribution in [2.24, 2.45) is 0 Å². The number of aryl methyl sites for hydroxylation is 2. The van der Waals surface area contributed by atoms with Gasteiger partial charge in [0, 0.05) is 21.8 Å². The lowest BCUT2D eigenvalue weighted by Gasteiger charge is -2.18. The van der Waals surface area contributed by atoms with Crippen molar-refractivity contribution in [1.82, 2.24) is 10.3 Å². The van der Waals surface area contributed by atoms with Gasteiger partial charge in [-0.3, -0.25) is 0 Å². The van der Waals surface area contributed by atoms with E-state index in [-0.39, 0.29) is 6.04 Å². The normalized spacial score (nSPS) is 12.6. The molecule has 2 aromatic rings. The van der Waals surface area contributed by atoms with E-state index >= 15 is 0 Å². The molecule has 1 aromatic carbocycles. The molecule has 1 heterocycles. The van der Waals surface area contributed by atoms with Crippen LogP contribution in [0.2, 0.25) is 5.02 Å². The maximum Gasteiger partial charge on any atom is 0.0949 e. The molecule has 1 aromatic heterocycles. The Labute approximate surface area is 144 Å². The molecular formula is C16H20BrClN2S.